The molecule has 1 aliphatic carbocycles. The second-order valence-electron chi connectivity index (χ2n) is 4.97. The Morgan fingerprint density at radius 2 is 1.82 bits per heavy atom. The van der Waals surface area contributed by atoms with Crippen molar-refractivity contribution in [1.29, 1.82) is 0 Å². The molecule has 1 aromatic heterocycles. The fraction of sp³-hybridized carbons (Fsp3) is 0.333. The fourth-order valence-corrected chi connectivity index (χ4v) is 3.35. The average Bonchev–Trinajstić information content (AvgIpc) is 3.00. The van der Waals surface area contributed by atoms with E-state index < -0.39 is 0 Å². The molecule has 1 nitrogen and oxygen atoms in total. The number of aliphatic hydroxyl groups excluding tert-OH is 1. The minimum absolute atomic E-state index is 0.221. The predicted molar refractivity (Wildman–Crippen MR) is 72.2 cm³/mol. The van der Waals surface area contributed by atoms with Crippen LogP contribution in [0.4, 0.5) is 0 Å². The van der Waals surface area contributed by atoms with Gasteiger partial charge in [-0.05, 0) is 42.4 Å². The van der Waals surface area contributed by atoms with E-state index in [4.69, 9.17) is 0 Å². The van der Waals surface area contributed by atoms with Gasteiger partial charge in [-0.3, -0.25) is 0 Å². The van der Waals surface area contributed by atoms with Gasteiger partial charge in [-0.25, -0.2) is 0 Å². The molecule has 2 heteroatoms. The van der Waals surface area contributed by atoms with E-state index in [0.29, 0.717) is 6.61 Å². The molecule has 3 rings (SSSR count). The van der Waals surface area contributed by atoms with E-state index in [9.17, 15) is 5.11 Å². The van der Waals surface area contributed by atoms with Gasteiger partial charge in [0, 0.05) is 16.4 Å². The van der Waals surface area contributed by atoms with Crippen molar-refractivity contribution in [2.24, 2.45) is 5.41 Å². The maximum absolute atomic E-state index is 9.35. The zero-order valence-electron chi connectivity index (χ0n) is 9.73. The Labute approximate surface area is 106 Å². The molecule has 1 saturated carbocycles. The number of hydrogen-bond donors (Lipinski definition) is 1. The molecular weight excluding hydrogens is 228 g/mol. The lowest BCUT2D eigenvalue weighted by molar-refractivity contribution is 0.212. The molecule has 1 N–H and O–H groups in total. The van der Waals surface area contributed by atoms with Crippen LogP contribution in [0.2, 0.25) is 0 Å². The molecule has 0 atom stereocenters. The number of aliphatic hydroxyl groups is 1. The van der Waals surface area contributed by atoms with Crippen molar-refractivity contribution in [1.82, 2.24) is 0 Å². The molecule has 0 amide bonds. The summed E-state index contributed by atoms with van der Waals surface area (Å²) in [6.07, 6.45) is 3.41. The lowest BCUT2D eigenvalue weighted by Gasteiger charge is -2.08. The quantitative estimate of drug-likeness (QED) is 0.869. The molecule has 2 aromatic rings. The summed E-state index contributed by atoms with van der Waals surface area (Å²) in [4.78, 5) is 2.73. The Hall–Kier alpha value is -1.12. The maximum atomic E-state index is 9.35. The van der Waals surface area contributed by atoms with Gasteiger partial charge in [-0.1, -0.05) is 30.3 Å². The molecule has 1 aliphatic rings. The molecular formula is C15H16OS. The van der Waals surface area contributed by atoms with E-state index in [1.807, 2.05) is 17.4 Å². The van der Waals surface area contributed by atoms with Crippen LogP contribution < -0.4 is 0 Å². The van der Waals surface area contributed by atoms with Crippen LogP contribution in [-0.2, 0) is 6.42 Å². The van der Waals surface area contributed by atoms with Gasteiger partial charge < -0.3 is 5.11 Å². The van der Waals surface area contributed by atoms with E-state index in [-0.39, 0.29) is 5.41 Å². The molecule has 1 aromatic carbocycles. The van der Waals surface area contributed by atoms with Gasteiger partial charge in [0.05, 0.1) is 0 Å². The summed E-state index contributed by atoms with van der Waals surface area (Å²) in [5.74, 6) is 0. The standard InChI is InChI=1S/C15H16OS/c16-11-15(8-9-15)10-13-6-7-14(17-13)12-4-2-1-3-5-12/h1-7,16H,8-11H2. The SMILES string of the molecule is OCC1(Cc2ccc(-c3ccccc3)s2)CC1. The summed E-state index contributed by atoms with van der Waals surface area (Å²) in [7, 11) is 0. The first-order valence-corrected chi connectivity index (χ1v) is 6.88. The molecule has 1 fully saturated rings. The zero-order valence-corrected chi connectivity index (χ0v) is 10.5. The Bertz CT molecular complexity index is 497. The number of thiophene rings is 1. The van der Waals surface area contributed by atoms with Gasteiger partial charge in [0.2, 0.25) is 0 Å². The van der Waals surface area contributed by atoms with E-state index >= 15 is 0 Å². The summed E-state index contributed by atoms with van der Waals surface area (Å²) in [6, 6.07) is 14.9. The second kappa shape index (κ2) is 4.28. The van der Waals surface area contributed by atoms with Crippen LogP contribution in [0.5, 0.6) is 0 Å². The van der Waals surface area contributed by atoms with Crippen LogP contribution in [0.3, 0.4) is 0 Å². The Morgan fingerprint density at radius 3 is 2.47 bits per heavy atom. The normalized spacial score (nSPS) is 17.0. The summed E-state index contributed by atoms with van der Waals surface area (Å²) in [5.41, 5.74) is 1.51. The molecule has 0 aliphatic heterocycles. The maximum Gasteiger partial charge on any atom is 0.0490 e. The molecule has 88 valence electrons. The van der Waals surface area contributed by atoms with Crippen molar-refractivity contribution < 1.29 is 5.11 Å². The lowest BCUT2D eigenvalue weighted by atomic mass is 10.0. The van der Waals surface area contributed by atoms with Crippen LogP contribution in [0.25, 0.3) is 10.4 Å². The van der Waals surface area contributed by atoms with Crippen molar-refractivity contribution in [2.75, 3.05) is 6.61 Å². The highest BCUT2D eigenvalue weighted by atomic mass is 32.1. The van der Waals surface area contributed by atoms with Crippen LogP contribution in [0, 0.1) is 5.41 Å². The van der Waals surface area contributed by atoms with Gasteiger partial charge in [-0.15, -0.1) is 11.3 Å². The first kappa shape index (κ1) is 11.0. The van der Waals surface area contributed by atoms with E-state index in [2.05, 4.69) is 36.4 Å². The summed E-state index contributed by atoms with van der Waals surface area (Å²) in [5, 5.41) is 9.35. The molecule has 0 radical (unpaired) electrons. The molecule has 0 bridgehead atoms. The summed E-state index contributed by atoms with van der Waals surface area (Å²) >= 11 is 1.86. The minimum atomic E-state index is 0.221. The topological polar surface area (TPSA) is 20.2 Å². The van der Waals surface area contributed by atoms with Gasteiger partial charge in [-0.2, -0.15) is 0 Å². The van der Waals surface area contributed by atoms with Gasteiger partial charge in [0.1, 0.15) is 0 Å². The van der Waals surface area contributed by atoms with Crippen molar-refractivity contribution in [3.05, 3.63) is 47.3 Å². The Kier molecular flexibility index (Phi) is 2.77. The third kappa shape index (κ3) is 2.28. The molecule has 17 heavy (non-hydrogen) atoms. The third-order valence-electron chi connectivity index (χ3n) is 3.56. The van der Waals surface area contributed by atoms with E-state index in [1.165, 1.54) is 28.2 Å². The van der Waals surface area contributed by atoms with E-state index in [1.54, 1.807) is 0 Å². The van der Waals surface area contributed by atoms with Crippen molar-refractivity contribution in [3.63, 3.8) is 0 Å². The van der Waals surface area contributed by atoms with Gasteiger partial charge in [0.15, 0.2) is 0 Å². The predicted octanol–water partition coefficient (Wildman–Crippen LogP) is 3.73. The molecule has 0 saturated heterocycles. The lowest BCUT2D eigenvalue weighted by Crippen LogP contribution is -2.08. The first-order chi connectivity index (χ1) is 8.31. The Morgan fingerprint density at radius 1 is 1.06 bits per heavy atom. The summed E-state index contributed by atoms with van der Waals surface area (Å²) < 4.78 is 0. The zero-order chi connectivity index (χ0) is 11.7. The highest BCUT2D eigenvalue weighted by Gasteiger charge is 2.42. The number of rotatable bonds is 4. The van der Waals surface area contributed by atoms with Crippen LogP contribution in [0.1, 0.15) is 17.7 Å². The Balaban J connectivity index is 1.79. The van der Waals surface area contributed by atoms with Gasteiger partial charge >= 0.3 is 0 Å². The van der Waals surface area contributed by atoms with Gasteiger partial charge in [0.25, 0.3) is 0 Å². The smallest absolute Gasteiger partial charge is 0.0490 e. The number of benzene rings is 1. The molecule has 0 spiro atoms. The van der Waals surface area contributed by atoms with Crippen molar-refractivity contribution in [2.45, 2.75) is 19.3 Å². The van der Waals surface area contributed by atoms with Crippen LogP contribution in [-0.4, -0.2) is 11.7 Å². The van der Waals surface area contributed by atoms with Crippen LogP contribution in [0.15, 0.2) is 42.5 Å². The molecule has 0 unspecified atom stereocenters. The second-order valence-corrected chi connectivity index (χ2v) is 6.14. The summed E-state index contributed by atoms with van der Waals surface area (Å²) in [6.45, 7) is 0.339. The monoisotopic (exact) mass is 244 g/mol. The minimum Gasteiger partial charge on any atom is -0.396 e. The average molecular weight is 244 g/mol. The fourth-order valence-electron chi connectivity index (χ4n) is 2.17. The third-order valence-corrected chi connectivity index (χ3v) is 4.70. The largest absolute Gasteiger partial charge is 0.396 e. The number of hydrogen-bond acceptors (Lipinski definition) is 2. The van der Waals surface area contributed by atoms with Crippen molar-refractivity contribution in [3.8, 4) is 10.4 Å². The van der Waals surface area contributed by atoms with Crippen LogP contribution >= 0.6 is 11.3 Å². The highest BCUT2D eigenvalue weighted by Crippen LogP contribution is 2.49. The van der Waals surface area contributed by atoms with E-state index in [0.717, 1.165) is 6.42 Å². The first-order valence-electron chi connectivity index (χ1n) is 6.06. The molecule has 1 heterocycles. The van der Waals surface area contributed by atoms with Crippen molar-refractivity contribution >= 4 is 11.3 Å². The highest BCUT2D eigenvalue weighted by molar-refractivity contribution is 7.15.